The topological polar surface area (TPSA) is 69.9 Å². The summed E-state index contributed by atoms with van der Waals surface area (Å²) in [6.07, 6.45) is -0.487. The molecule has 0 bridgehead atoms. The molecule has 0 aromatic carbocycles. The van der Waals surface area contributed by atoms with Gasteiger partial charge in [-0.25, -0.2) is 0 Å². The predicted molar refractivity (Wildman–Crippen MR) is 69.6 cm³/mol. The third kappa shape index (κ3) is 7.71. The summed E-state index contributed by atoms with van der Waals surface area (Å²) in [6, 6.07) is 0. The summed E-state index contributed by atoms with van der Waals surface area (Å²) in [5.74, 6) is 0.918. The first kappa shape index (κ1) is 19.2. The summed E-state index contributed by atoms with van der Waals surface area (Å²) >= 11 is 0. The molecule has 106 valence electrons. The van der Waals surface area contributed by atoms with Gasteiger partial charge < -0.3 is 20.1 Å². The second kappa shape index (κ2) is 8.86. The second-order valence-corrected chi connectivity index (χ2v) is 5.33. The van der Waals surface area contributed by atoms with Crippen molar-refractivity contribution in [2.24, 2.45) is 11.8 Å². The van der Waals surface area contributed by atoms with Crippen molar-refractivity contribution in [2.75, 3.05) is 7.11 Å². The van der Waals surface area contributed by atoms with E-state index in [1.165, 1.54) is 0 Å². The van der Waals surface area contributed by atoms with Crippen LogP contribution in [0.25, 0.3) is 0 Å². The Hall–Kier alpha value is -0.160. The van der Waals surface area contributed by atoms with Gasteiger partial charge in [-0.15, -0.1) is 0 Å². The number of ether oxygens (including phenoxy) is 1. The van der Waals surface area contributed by atoms with Crippen LogP contribution in [-0.2, 0) is 4.74 Å². The molecule has 0 radical (unpaired) electrons. The van der Waals surface area contributed by atoms with Gasteiger partial charge in [-0.3, -0.25) is 0 Å². The lowest BCUT2D eigenvalue weighted by Gasteiger charge is -2.42. The van der Waals surface area contributed by atoms with Gasteiger partial charge in [0.15, 0.2) is 6.29 Å². The van der Waals surface area contributed by atoms with Gasteiger partial charge in [-0.1, -0.05) is 27.7 Å². The molecular formula is C13H30O4. The van der Waals surface area contributed by atoms with Crippen LogP contribution in [0.15, 0.2) is 0 Å². The highest BCUT2D eigenvalue weighted by atomic mass is 16.6. The Morgan fingerprint density at radius 3 is 1.82 bits per heavy atom. The van der Waals surface area contributed by atoms with Crippen molar-refractivity contribution in [2.45, 2.75) is 66.0 Å². The monoisotopic (exact) mass is 250 g/mol. The smallest absolute Gasteiger partial charge is 0.155 e. The minimum absolute atomic E-state index is 0.0845. The Kier molecular flexibility index (Phi) is 10.0. The minimum atomic E-state index is -0.806. The van der Waals surface area contributed by atoms with Crippen LogP contribution in [0.5, 0.6) is 0 Å². The first-order chi connectivity index (χ1) is 7.67. The van der Waals surface area contributed by atoms with Crippen LogP contribution in [0.3, 0.4) is 0 Å². The molecule has 0 aromatic rings. The molecule has 0 aliphatic carbocycles. The molecule has 3 N–H and O–H groups in total. The predicted octanol–water partition coefficient (Wildman–Crippen LogP) is 1.77. The van der Waals surface area contributed by atoms with Crippen LogP contribution in [0.1, 0.15) is 48.0 Å². The van der Waals surface area contributed by atoms with Crippen LogP contribution in [0.2, 0.25) is 0 Å². The average molecular weight is 250 g/mol. The molecule has 1 rings (SSSR count). The number of hydrogen-bond acceptors (Lipinski definition) is 4. The van der Waals surface area contributed by atoms with Crippen molar-refractivity contribution < 1.29 is 20.1 Å². The summed E-state index contributed by atoms with van der Waals surface area (Å²) in [5.41, 5.74) is -0.806. The molecule has 1 heterocycles. The number of hydrogen-bond donors (Lipinski definition) is 3. The maximum atomic E-state index is 9.79. The molecule has 4 nitrogen and oxygen atoms in total. The van der Waals surface area contributed by atoms with Gasteiger partial charge in [0.1, 0.15) is 0 Å². The number of rotatable bonds is 0. The fraction of sp³-hybridized carbons (Fsp3) is 1.00. The van der Waals surface area contributed by atoms with E-state index in [0.29, 0.717) is 6.42 Å². The van der Waals surface area contributed by atoms with E-state index in [0.717, 1.165) is 13.0 Å². The van der Waals surface area contributed by atoms with E-state index in [-0.39, 0.29) is 12.0 Å². The van der Waals surface area contributed by atoms with Gasteiger partial charge in [0.2, 0.25) is 0 Å². The van der Waals surface area contributed by atoms with Crippen molar-refractivity contribution in [1.82, 2.24) is 0 Å². The lowest BCUT2D eigenvalue weighted by atomic mass is 9.82. The van der Waals surface area contributed by atoms with E-state index in [2.05, 4.69) is 20.8 Å². The molecule has 1 saturated heterocycles. The largest absolute Gasteiger partial charge is 0.400 e. The molecule has 4 atom stereocenters. The lowest BCUT2D eigenvalue weighted by molar-refractivity contribution is -0.244. The average Bonchev–Trinajstić information content (AvgIpc) is 2.17. The third-order valence-corrected chi connectivity index (χ3v) is 2.74. The van der Waals surface area contributed by atoms with Crippen molar-refractivity contribution in [3.63, 3.8) is 0 Å². The van der Waals surface area contributed by atoms with Gasteiger partial charge in [0, 0.05) is 13.5 Å². The fourth-order valence-electron chi connectivity index (χ4n) is 1.37. The minimum Gasteiger partial charge on any atom is -0.400 e. The van der Waals surface area contributed by atoms with Gasteiger partial charge in [-0.05, 0) is 25.7 Å². The van der Waals surface area contributed by atoms with Gasteiger partial charge in [0.25, 0.3) is 0 Å². The van der Waals surface area contributed by atoms with E-state index in [9.17, 15) is 5.11 Å². The van der Waals surface area contributed by atoms with Crippen molar-refractivity contribution in [1.29, 1.82) is 0 Å². The molecule has 0 spiro atoms. The summed E-state index contributed by atoms with van der Waals surface area (Å²) < 4.78 is 5.08. The van der Waals surface area contributed by atoms with Crippen molar-refractivity contribution >= 4 is 0 Å². The third-order valence-electron chi connectivity index (χ3n) is 2.74. The van der Waals surface area contributed by atoms with E-state index in [4.69, 9.17) is 14.9 Å². The SMILES string of the molecule is CC(C)C.CC1C[C@H](O)O[C@@H](C)[C@@]1(C)O.CO. The van der Waals surface area contributed by atoms with E-state index < -0.39 is 11.9 Å². The molecular weight excluding hydrogens is 220 g/mol. The number of aliphatic hydroxyl groups is 3. The van der Waals surface area contributed by atoms with E-state index in [1.54, 1.807) is 13.8 Å². The summed E-state index contributed by atoms with van der Waals surface area (Å²) in [7, 11) is 1.00. The first-order valence-corrected chi connectivity index (χ1v) is 6.18. The molecule has 0 amide bonds. The molecule has 0 aromatic heterocycles. The van der Waals surface area contributed by atoms with Crippen LogP contribution >= 0.6 is 0 Å². The van der Waals surface area contributed by atoms with Crippen LogP contribution in [-0.4, -0.2) is 40.4 Å². The summed E-state index contributed by atoms with van der Waals surface area (Å²) in [4.78, 5) is 0. The zero-order valence-electron chi connectivity index (χ0n) is 12.3. The van der Waals surface area contributed by atoms with Crippen molar-refractivity contribution in [3.8, 4) is 0 Å². The maximum Gasteiger partial charge on any atom is 0.155 e. The summed E-state index contributed by atoms with van der Waals surface area (Å²) in [5, 5.41) is 25.9. The lowest BCUT2D eigenvalue weighted by Crippen LogP contribution is -2.51. The van der Waals surface area contributed by atoms with E-state index >= 15 is 0 Å². The summed E-state index contributed by atoms with van der Waals surface area (Å²) in [6.45, 7) is 11.9. The molecule has 1 fully saturated rings. The van der Waals surface area contributed by atoms with E-state index in [1.807, 2.05) is 6.92 Å². The number of aliphatic hydroxyl groups excluding tert-OH is 2. The fourth-order valence-corrected chi connectivity index (χ4v) is 1.37. The van der Waals surface area contributed by atoms with Crippen LogP contribution in [0.4, 0.5) is 0 Å². The molecule has 0 saturated carbocycles. The van der Waals surface area contributed by atoms with Gasteiger partial charge >= 0.3 is 0 Å². The second-order valence-electron chi connectivity index (χ2n) is 5.33. The van der Waals surface area contributed by atoms with Crippen molar-refractivity contribution in [3.05, 3.63) is 0 Å². The Morgan fingerprint density at radius 1 is 1.18 bits per heavy atom. The van der Waals surface area contributed by atoms with Crippen LogP contribution < -0.4 is 0 Å². The quantitative estimate of drug-likeness (QED) is 0.613. The molecule has 4 heteroatoms. The Bertz CT molecular complexity index is 164. The van der Waals surface area contributed by atoms with Gasteiger partial charge in [0.05, 0.1) is 11.7 Å². The van der Waals surface area contributed by atoms with Gasteiger partial charge in [-0.2, -0.15) is 0 Å². The highest BCUT2D eigenvalue weighted by molar-refractivity contribution is 4.89. The zero-order chi connectivity index (χ0) is 14.2. The normalized spacial score (nSPS) is 36.5. The first-order valence-electron chi connectivity index (χ1n) is 6.18. The van der Waals surface area contributed by atoms with Crippen LogP contribution in [0, 0.1) is 11.8 Å². The molecule has 17 heavy (non-hydrogen) atoms. The highest BCUT2D eigenvalue weighted by Gasteiger charge is 2.41. The Labute approximate surface area is 106 Å². The molecule has 1 aliphatic heterocycles. The maximum absolute atomic E-state index is 9.79. The Balaban J connectivity index is 0. The Morgan fingerprint density at radius 2 is 1.53 bits per heavy atom. The molecule has 1 aliphatic rings. The highest BCUT2D eigenvalue weighted by Crippen LogP contribution is 2.32. The molecule has 1 unspecified atom stereocenters. The standard InChI is InChI=1S/C8H16O3.C4H10.CH4O/c1-5-4-7(9)11-6(2)8(5,3)10;1-4(2)3;1-2/h5-7,9-10H,4H2,1-3H3;4H,1-3H3;2H,1H3/t5?,6-,7+,8-;;/m0../s1. The zero-order valence-corrected chi connectivity index (χ0v) is 12.3.